The van der Waals surface area contributed by atoms with Crippen molar-refractivity contribution in [3.8, 4) is 5.75 Å². The summed E-state index contributed by atoms with van der Waals surface area (Å²) in [5, 5.41) is 3.04. The lowest BCUT2D eigenvalue weighted by Gasteiger charge is -2.17. The van der Waals surface area contributed by atoms with Crippen LogP contribution in [0.5, 0.6) is 5.75 Å². The number of rotatable bonds is 4. The minimum atomic E-state index is -0.115. The number of methoxy groups -OCH3 is 2. The summed E-state index contributed by atoms with van der Waals surface area (Å²) in [7, 11) is 5.16. The lowest BCUT2D eigenvalue weighted by molar-refractivity contribution is 0.0786. The van der Waals surface area contributed by atoms with E-state index in [0.717, 1.165) is 11.3 Å². The predicted octanol–water partition coefficient (Wildman–Crippen LogP) is 1.56. The third-order valence-corrected chi connectivity index (χ3v) is 1.92. The predicted molar refractivity (Wildman–Crippen MR) is 51.8 cm³/mol. The van der Waals surface area contributed by atoms with Gasteiger partial charge in [0.15, 0.2) is 0 Å². The Morgan fingerprint density at radius 2 is 1.92 bits per heavy atom. The molecule has 1 aromatic rings. The maximum atomic E-state index is 5.24. The van der Waals surface area contributed by atoms with E-state index in [1.807, 2.05) is 31.3 Å². The third-order valence-electron chi connectivity index (χ3n) is 1.92. The molecular formula is C10H15NO2. The summed E-state index contributed by atoms with van der Waals surface area (Å²) in [5.41, 5.74) is 1.01. The molecular weight excluding hydrogens is 166 g/mol. The topological polar surface area (TPSA) is 30.5 Å². The largest absolute Gasteiger partial charge is 0.496 e. The fourth-order valence-corrected chi connectivity index (χ4v) is 1.28. The summed E-state index contributed by atoms with van der Waals surface area (Å²) in [5.74, 6) is 0.837. The van der Waals surface area contributed by atoms with Crippen molar-refractivity contribution in [2.24, 2.45) is 0 Å². The molecule has 0 radical (unpaired) electrons. The Bertz CT molecular complexity index is 259. The smallest absolute Gasteiger partial charge is 0.137 e. The van der Waals surface area contributed by atoms with Crippen molar-refractivity contribution in [3.63, 3.8) is 0 Å². The second-order valence-electron chi connectivity index (χ2n) is 2.65. The van der Waals surface area contributed by atoms with Gasteiger partial charge in [0.2, 0.25) is 0 Å². The highest BCUT2D eigenvalue weighted by Crippen LogP contribution is 2.24. The van der Waals surface area contributed by atoms with E-state index in [4.69, 9.17) is 9.47 Å². The van der Waals surface area contributed by atoms with E-state index in [0.29, 0.717) is 0 Å². The molecule has 1 rings (SSSR count). The number of nitrogens with one attached hydrogen (secondary N) is 1. The highest BCUT2D eigenvalue weighted by atomic mass is 16.5. The highest BCUT2D eigenvalue weighted by molar-refractivity contribution is 5.34. The van der Waals surface area contributed by atoms with E-state index in [-0.39, 0.29) is 6.23 Å². The lowest BCUT2D eigenvalue weighted by atomic mass is 10.2. The number of hydrogen-bond acceptors (Lipinski definition) is 3. The zero-order chi connectivity index (χ0) is 9.68. The summed E-state index contributed by atoms with van der Waals surface area (Å²) in [6.45, 7) is 0. The molecule has 72 valence electrons. The van der Waals surface area contributed by atoms with Crippen molar-refractivity contribution in [1.82, 2.24) is 5.32 Å². The van der Waals surface area contributed by atoms with Gasteiger partial charge in [0.25, 0.3) is 0 Å². The van der Waals surface area contributed by atoms with Crippen LogP contribution in [0.1, 0.15) is 11.8 Å². The van der Waals surface area contributed by atoms with Gasteiger partial charge in [-0.25, -0.2) is 0 Å². The Morgan fingerprint density at radius 3 is 2.46 bits per heavy atom. The molecule has 0 aliphatic rings. The molecule has 0 fully saturated rings. The molecule has 0 aliphatic heterocycles. The number of para-hydroxylation sites is 1. The standard InChI is InChI=1S/C10H15NO2/c1-11-10(13-3)8-6-4-5-7-9(8)12-2/h4-7,10-11H,1-3H3. The van der Waals surface area contributed by atoms with E-state index >= 15 is 0 Å². The molecule has 1 atom stereocenters. The summed E-state index contributed by atoms with van der Waals surface area (Å²) in [6.07, 6.45) is -0.115. The molecule has 0 spiro atoms. The van der Waals surface area contributed by atoms with Crippen molar-refractivity contribution >= 4 is 0 Å². The van der Waals surface area contributed by atoms with Crippen molar-refractivity contribution in [3.05, 3.63) is 29.8 Å². The molecule has 0 aliphatic carbocycles. The fraction of sp³-hybridized carbons (Fsp3) is 0.400. The molecule has 0 saturated heterocycles. The van der Waals surface area contributed by atoms with Crippen LogP contribution in [-0.2, 0) is 4.74 Å². The fourth-order valence-electron chi connectivity index (χ4n) is 1.28. The van der Waals surface area contributed by atoms with Gasteiger partial charge in [-0.2, -0.15) is 0 Å². The van der Waals surface area contributed by atoms with Gasteiger partial charge in [-0.3, -0.25) is 5.32 Å². The van der Waals surface area contributed by atoms with E-state index < -0.39 is 0 Å². The Morgan fingerprint density at radius 1 is 1.23 bits per heavy atom. The highest BCUT2D eigenvalue weighted by Gasteiger charge is 2.11. The molecule has 0 saturated carbocycles. The first-order chi connectivity index (χ1) is 6.33. The molecule has 0 heterocycles. The van der Waals surface area contributed by atoms with Crippen LogP contribution < -0.4 is 10.1 Å². The van der Waals surface area contributed by atoms with Crippen LogP contribution in [0, 0.1) is 0 Å². The molecule has 3 nitrogen and oxygen atoms in total. The van der Waals surface area contributed by atoms with E-state index in [1.54, 1.807) is 14.2 Å². The van der Waals surface area contributed by atoms with Crippen LogP contribution in [-0.4, -0.2) is 21.3 Å². The molecule has 1 aromatic carbocycles. The third kappa shape index (κ3) is 2.20. The zero-order valence-electron chi connectivity index (χ0n) is 8.20. The Kier molecular flexibility index (Phi) is 3.73. The summed E-state index contributed by atoms with van der Waals surface area (Å²) >= 11 is 0. The van der Waals surface area contributed by atoms with Crippen LogP contribution in [0.25, 0.3) is 0 Å². The van der Waals surface area contributed by atoms with Gasteiger partial charge in [-0.1, -0.05) is 18.2 Å². The molecule has 0 amide bonds. The van der Waals surface area contributed by atoms with Crippen LogP contribution in [0.4, 0.5) is 0 Å². The normalized spacial score (nSPS) is 12.5. The van der Waals surface area contributed by atoms with E-state index in [2.05, 4.69) is 5.32 Å². The average Bonchev–Trinajstić information content (AvgIpc) is 2.20. The Hall–Kier alpha value is -1.06. The lowest BCUT2D eigenvalue weighted by Crippen LogP contribution is -2.18. The first kappa shape index (κ1) is 10.0. The van der Waals surface area contributed by atoms with Gasteiger partial charge >= 0.3 is 0 Å². The average molecular weight is 181 g/mol. The maximum Gasteiger partial charge on any atom is 0.137 e. The minimum absolute atomic E-state index is 0.115. The maximum absolute atomic E-state index is 5.24. The van der Waals surface area contributed by atoms with Gasteiger partial charge in [-0.05, 0) is 13.1 Å². The summed E-state index contributed by atoms with van der Waals surface area (Å²) in [4.78, 5) is 0. The van der Waals surface area contributed by atoms with Crippen molar-refractivity contribution in [1.29, 1.82) is 0 Å². The van der Waals surface area contributed by atoms with Gasteiger partial charge < -0.3 is 9.47 Å². The van der Waals surface area contributed by atoms with E-state index in [9.17, 15) is 0 Å². The van der Waals surface area contributed by atoms with Crippen LogP contribution in [0.15, 0.2) is 24.3 Å². The van der Waals surface area contributed by atoms with Crippen molar-refractivity contribution < 1.29 is 9.47 Å². The second-order valence-corrected chi connectivity index (χ2v) is 2.65. The van der Waals surface area contributed by atoms with Gasteiger partial charge in [0, 0.05) is 12.7 Å². The van der Waals surface area contributed by atoms with Crippen LogP contribution in [0.2, 0.25) is 0 Å². The molecule has 0 bridgehead atoms. The SMILES string of the molecule is CNC(OC)c1ccccc1OC. The molecule has 3 heteroatoms. The molecule has 0 aromatic heterocycles. The van der Waals surface area contributed by atoms with E-state index in [1.165, 1.54) is 0 Å². The van der Waals surface area contributed by atoms with Crippen molar-refractivity contribution in [2.75, 3.05) is 21.3 Å². The quantitative estimate of drug-likeness (QED) is 0.715. The first-order valence-corrected chi connectivity index (χ1v) is 4.16. The molecule has 1 N–H and O–H groups in total. The second kappa shape index (κ2) is 4.84. The van der Waals surface area contributed by atoms with Gasteiger partial charge in [0.05, 0.1) is 7.11 Å². The Labute approximate surface area is 78.7 Å². The van der Waals surface area contributed by atoms with Crippen LogP contribution >= 0.6 is 0 Å². The monoisotopic (exact) mass is 181 g/mol. The van der Waals surface area contributed by atoms with Gasteiger partial charge in [-0.15, -0.1) is 0 Å². The van der Waals surface area contributed by atoms with Gasteiger partial charge in [0.1, 0.15) is 12.0 Å². The van der Waals surface area contributed by atoms with Crippen LogP contribution in [0.3, 0.4) is 0 Å². The molecule has 1 unspecified atom stereocenters. The summed E-state index contributed by atoms with van der Waals surface area (Å²) < 4.78 is 10.4. The minimum Gasteiger partial charge on any atom is -0.496 e. The number of hydrogen-bond donors (Lipinski definition) is 1. The Balaban J connectivity index is 2.96. The number of benzene rings is 1. The van der Waals surface area contributed by atoms with Crippen molar-refractivity contribution in [2.45, 2.75) is 6.23 Å². The number of ether oxygens (including phenoxy) is 2. The summed E-state index contributed by atoms with van der Waals surface area (Å²) in [6, 6.07) is 7.79. The first-order valence-electron chi connectivity index (χ1n) is 4.16. The zero-order valence-corrected chi connectivity index (χ0v) is 8.20. The molecule has 13 heavy (non-hydrogen) atoms.